The van der Waals surface area contributed by atoms with Gasteiger partial charge in [0.25, 0.3) is 0 Å². The molecule has 56 heavy (non-hydrogen) atoms. The van der Waals surface area contributed by atoms with Crippen LogP contribution in [-0.4, -0.2) is 4.57 Å². The van der Waals surface area contributed by atoms with Crippen LogP contribution in [0.5, 0.6) is 11.5 Å². The molecule has 12 rings (SSSR count). The van der Waals surface area contributed by atoms with Gasteiger partial charge in [-0.1, -0.05) is 133 Å². The minimum absolute atomic E-state index is 0.853. The summed E-state index contributed by atoms with van der Waals surface area (Å²) in [5.74, 6) is 1.72. The van der Waals surface area contributed by atoms with E-state index < -0.39 is 0 Å². The lowest BCUT2D eigenvalue weighted by Crippen LogP contribution is -2.10. The molecule has 262 valence electrons. The van der Waals surface area contributed by atoms with Crippen LogP contribution in [0.1, 0.15) is 0 Å². The molecule has 2 aromatic heterocycles. The highest BCUT2D eigenvalue weighted by molar-refractivity contribution is 6.13. The molecule has 0 N–H and O–H groups in total. The molecule has 1 aliphatic rings. The van der Waals surface area contributed by atoms with E-state index in [2.05, 4.69) is 191 Å². The zero-order chi connectivity index (χ0) is 36.7. The molecule has 9 aromatic carbocycles. The van der Waals surface area contributed by atoms with E-state index in [1.165, 1.54) is 38.2 Å². The number of ether oxygens (including phenoxy) is 1. The largest absolute Gasteiger partial charge is 0.454 e. The summed E-state index contributed by atoms with van der Waals surface area (Å²) in [5.41, 5.74) is 12.6. The van der Waals surface area contributed by atoms with Gasteiger partial charge < -0.3 is 18.6 Å². The van der Waals surface area contributed by atoms with Crippen LogP contribution in [0.3, 0.4) is 0 Å². The molecule has 0 amide bonds. The highest BCUT2D eigenvalue weighted by Gasteiger charge is 2.26. The average molecular weight is 717 g/mol. The van der Waals surface area contributed by atoms with Crippen molar-refractivity contribution in [1.82, 2.24) is 4.57 Å². The lowest BCUT2D eigenvalue weighted by atomic mass is 10.0. The molecule has 0 atom stereocenters. The Hall–Kier alpha value is -7.56. The zero-order valence-electron chi connectivity index (χ0n) is 30.2. The van der Waals surface area contributed by atoms with Gasteiger partial charge in [0, 0.05) is 38.5 Å². The van der Waals surface area contributed by atoms with Crippen LogP contribution in [0.2, 0.25) is 0 Å². The lowest BCUT2D eigenvalue weighted by molar-refractivity contribution is 0.478. The van der Waals surface area contributed by atoms with Crippen molar-refractivity contribution >= 4 is 71.6 Å². The van der Waals surface area contributed by atoms with Gasteiger partial charge in [0.2, 0.25) is 0 Å². The maximum absolute atomic E-state index is 6.79. The first-order valence-corrected chi connectivity index (χ1v) is 19.0. The quantitative estimate of drug-likeness (QED) is 0.178. The van der Waals surface area contributed by atoms with E-state index in [1.54, 1.807) is 0 Å². The van der Waals surface area contributed by atoms with Crippen LogP contribution in [-0.2, 0) is 0 Å². The van der Waals surface area contributed by atoms with Crippen molar-refractivity contribution in [3.63, 3.8) is 0 Å². The first kappa shape index (κ1) is 30.9. The Morgan fingerprint density at radius 2 is 1.11 bits per heavy atom. The number of benzene rings is 9. The molecule has 11 aromatic rings. The van der Waals surface area contributed by atoms with Crippen LogP contribution in [0, 0.1) is 0 Å². The van der Waals surface area contributed by atoms with E-state index in [4.69, 9.17) is 9.15 Å². The smallest absolute Gasteiger partial charge is 0.159 e. The van der Waals surface area contributed by atoms with E-state index in [9.17, 15) is 0 Å². The molecule has 0 saturated heterocycles. The number of hydrogen-bond donors (Lipinski definition) is 0. The summed E-state index contributed by atoms with van der Waals surface area (Å²) in [4.78, 5) is 2.30. The summed E-state index contributed by atoms with van der Waals surface area (Å²) in [6.07, 6.45) is 0. The molecule has 0 bridgehead atoms. The summed E-state index contributed by atoms with van der Waals surface area (Å²) in [7, 11) is 0. The van der Waals surface area contributed by atoms with Gasteiger partial charge >= 0.3 is 0 Å². The molecule has 0 fully saturated rings. The zero-order valence-corrected chi connectivity index (χ0v) is 30.2. The second kappa shape index (κ2) is 12.0. The summed E-state index contributed by atoms with van der Waals surface area (Å²) in [5, 5.41) is 7.09. The van der Waals surface area contributed by atoms with Crippen molar-refractivity contribution in [3.05, 3.63) is 194 Å². The van der Waals surface area contributed by atoms with Gasteiger partial charge in [-0.05, 0) is 88.1 Å². The molecular weight excluding hydrogens is 685 g/mol. The summed E-state index contributed by atoms with van der Waals surface area (Å²) >= 11 is 0. The van der Waals surface area contributed by atoms with Crippen LogP contribution in [0.4, 0.5) is 17.1 Å². The minimum Gasteiger partial charge on any atom is -0.454 e. The Balaban J connectivity index is 0.987. The Labute approximate surface area is 322 Å². The molecule has 4 nitrogen and oxygen atoms in total. The van der Waals surface area contributed by atoms with Crippen molar-refractivity contribution < 1.29 is 9.15 Å². The standard InChI is InChI=1S/C52H32N2O2/c1-2-11-36-32-37(23-22-33(36)10-1)34-24-28-38(29-25-34)53(46-18-8-16-44-42-13-4-6-20-48(42)55-52(44)46)39-30-26-35(27-31-39)40-14-7-19-47-51(40)56-49-21-9-15-43-41-12-3-5-17-45(41)54(47)50(43)49/h1-32H. The van der Waals surface area contributed by atoms with Crippen LogP contribution in [0.25, 0.3) is 82.5 Å². The molecule has 0 saturated carbocycles. The van der Waals surface area contributed by atoms with Gasteiger partial charge in [-0.15, -0.1) is 0 Å². The fourth-order valence-electron chi connectivity index (χ4n) is 8.76. The van der Waals surface area contributed by atoms with Crippen molar-refractivity contribution in [3.8, 4) is 39.4 Å². The van der Waals surface area contributed by atoms with Gasteiger partial charge in [0.05, 0.1) is 22.4 Å². The Morgan fingerprint density at radius 1 is 0.446 bits per heavy atom. The number of furan rings is 1. The van der Waals surface area contributed by atoms with E-state index in [1.807, 2.05) is 12.1 Å². The van der Waals surface area contributed by atoms with E-state index in [-0.39, 0.29) is 0 Å². The van der Waals surface area contributed by atoms with E-state index in [0.29, 0.717) is 0 Å². The first-order valence-electron chi connectivity index (χ1n) is 19.0. The van der Waals surface area contributed by atoms with Gasteiger partial charge in [-0.2, -0.15) is 0 Å². The summed E-state index contributed by atoms with van der Waals surface area (Å²) < 4.78 is 15.8. The normalized spacial score (nSPS) is 12.1. The Bertz CT molecular complexity index is 3340. The SMILES string of the molecule is c1cc(-c2ccc(N(c3ccc(-c4ccc5ccccc5c4)cc3)c3cccc4c3oc3ccccc34)cc2)c2c(c1)-n1c3ccccc3c3cccc(c31)O2. The average Bonchev–Trinajstić information content (AvgIpc) is 3.82. The van der Waals surface area contributed by atoms with Crippen molar-refractivity contribution in [1.29, 1.82) is 0 Å². The third-order valence-electron chi connectivity index (χ3n) is 11.4. The highest BCUT2D eigenvalue weighted by atomic mass is 16.5. The molecule has 0 unspecified atom stereocenters. The molecule has 0 radical (unpaired) electrons. The maximum Gasteiger partial charge on any atom is 0.159 e. The summed E-state index contributed by atoms with van der Waals surface area (Å²) in [6, 6.07) is 68.9. The number of aromatic nitrogens is 1. The first-order chi connectivity index (χ1) is 27.8. The third-order valence-corrected chi connectivity index (χ3v) is 11.4. The second-order valence-corrected chi connectivity index (χ2v) is 14.5. The monoisotopic (exact) mass is 716 g/mol. The van der Waals surface area contributed by atoms with Crippen molar-refractivity contribution in [2.24, 2.45) is 0 Å². The number of fused-ring (bicyclic) bond motifs is 9. The predicted molar refractivity (Wildman–Crippen MR) is 231 cm³/mol. The van der Waals surface area contributed by atoms with Crippen LogP contribution >= 0.6 is 0 Å². The molecule has 0 aliphatic carbocycles. The number of rotatable bonds is 5. The van der Waals surface area contributed by atoms with Crippen molar-refractivity contribution in [2.45, 2.75) is 0 Å². The van der Waals surface area contributed by atoms with E-state index >= 15 is 0 Å². The van der Waals surface area contributed by atoms with E-state index in [0.717, 1.165) is 72.8 Å². The van der Waals surface area contributed by atoms with Crippen LogP contribution in [0.15, 0.2) is 199 Å². The molecule has 0 spiro atoms. The van der Waals surface area contributed by atoms with Gasteiger partial charge in [0.15, 0.2) is 17.1 Å². The lowest BCUT2D eigenvalue weighted by Gasteiger charge is -2.26. The molecule has 3 heterocycles. The number of hydrogen-bond acceptors (Lipinski definition) is 3. The molecular formula is C52H32N2O2. The molecule has 1 aliphatic heterocycles. The van der Waals surface area contributed by atoms with Crippen molar-refractivity contribution in [2.75, 3.05) is 4.90 Å². The third kappa shape index (κ3) is 4.60. The maximum atomic E-state index is 6.79. The number of para-hydroxylation sites is 5. The topological polar surface area (TPSA) is 30.5 Å². The number of anilines is 3. The Morgan fingerprint density at radius 3 is 1.96 bits per heavy atom. The fraction of sp³-hybridized carbons (Fsp3) is 0. The highest BCUT2D eigenvalue weighted by Crippen LogP contribution is 2.49. The second-order valence-electron chi connectivity index (χ2n) is 14.5. The van der Waals surface area contributed by atoms with Gasteiger partial charge in [-0.25, -0.2) is 0 Å². The van der Waals surface area contributed by atoms with Gasteiger partial charge in [0.1, 0.15) is 5.58 Å². The Kier molecular flexibility index (Phi) is 6.60. The number of nitrogens with zero attached hydrogens (tertiary/aromatic N) is 2. The molecule has 4 heteroatoms. The summed E-state index contributed by atoms with van der Waals surface area (Å²) in [6.45, 7) is 0. The fourth-order valence-corrected chi connectivity index (χ4v) is 8.76. The predicted octanol–water partition coefficient (Wildman–Crippen LogP) is 14.7. The minimum atomic E-state index is 0.853. The van der Waals surface area contributed by atoms with Gasteiger partial charge in [-0.3, -0.25) is 0 Å². The van der Waals surface area contributed by atoms with Crippen LogP contribution < -0.4 is 9.64 Å².